The van der Waals surface area contributed by atoms with Gasteiger partial charge in [-0.2, -0.15) is 13.2 Å². The number of hydrogen-bond acceptors (Lipinski definition) is 2. The summed E-state index contributed by atoms with van der Waals surface area (Å²) in [4.78, 5) is 25.8. The molecule has 148 valence electrons. The van der Waals surface area contributed by atoms with Gasteiger partial charge in [-0.05, 0) is 36.8 Å². The van der Waals surface area contributed by atoms with Gasteiger partial charge in [0.1, 0.15) is 0 Å². The number of carbonyl (C=O) groups is 2. The van der Waals surface area contributed by atoms with E-state index in [1.165, 1.54) is 4.90 Å². The van der Waals surface area contributed by atoms with Crippen molar-refractivity contribution in [2.45, 2.75) is 44.8 Å². The Kier molecular flexibility index (Phi) is 5.10. The molecule has 1 aliphatic carbocycles. The topological polar surface area (TPSA) is 69.6 Å². The zero-order valence-electron chi connectivity index (χ0n) is 15.1. The molecule has 1 saturated carbocycles. The fourth-order valence-electron chi connectivity index (χ4n) is 4.48. The van der Waals surface area contributed by atoms with Crippen LogP contribution in [-0.2, 0) is 4.79 Å². The highest BCUT2D eigenvalue weighted by Crippen LogP contribution is 2.49. The SMILES string of the molecule is Cc1ccccc1C(CC(F)(F)F)NC(=O)N1C[C@@H]2CCC[C@@]2(C(=O)O)C1. The summed E-state index contributed by atoms with van der Waals surface area (Å²) in [6.07, 6.45) is -3.60. The number of aryl methyl sites for hydroxylation is 1. The van der Waals surface area contributed by atoms with Gasteiger partial charge in [0, 0.05) is 13.1 Å². The molecule has 0 aromatic heterocycles. The lowest BCUT2D eigenvalue weighted by atomic mass is 9.81. The molecule has 2 aliphatic rings. The average Bonchev–Trinajstić information content (AvgIpc) is 3.11. The lowest BCUT2D eigenvalue weighted by Crippen LogP contribution is -2.43. The minimum Gasteiger partial charge on any atom is -0.481 e. The number of alkyl halides is 3. The maximum atomic E-state index is 13.1. The van der Waals surface area contributed by atoms with E-state index in [1.54, 1.807) is 31.2 Å². The van der Waals surface area contributed by atoms with Crippen LogP contribution in [0, 0.1) is 18.3 Å². The predicted octanol–water partition coefficient (Wildman–Crippen LogP) is 3.88. The second-order valence-electron chi connectivity index (χ2n) is 7.61. The molecule has 1 aromatic carbocycles. The lowest BCUT2D eigenvalue weighted by molar-refractivity contribution is -0.149. The predicted molar refractivity (Wildman–Crippen MR) is 92.1 cm³/mol. The number of fused-ring (bicyclic) bond motifs is 1. The third-order valence-electron chi connectivity index (χ3n) is 5.88. The Labute approximate surface area is 155 Å². The summed E-state index contributed by atoms with van der Waals surface area (Å²) in [5.41, 5.74) is 0.113. The van der Waals surface area contributed by atoms with E-state index in [0.29, 0.717) is 17.5 Å². The second-order valence-corrected chi connectivity index (χ2v) is 7.61. The molecular formula is C19H23F3N2O3. The molecule has 0 radical (unpaired) electrons. The van der Waals surface area contributed by atoms with E-state index in [9.17, 15) is 27.9 Å². The maximum Gasteiger partial charge on any atom is 0.391 e. The summed E-state index contributed by atoms with van der Waals surface area (Å²) >= 11 is 0. The van der Waals surface area contributed by atoms with E-state index in [4.69, 9.17) is 0 Å². The van der Waals surface area contributed by atoms with Gasteiger partial charge >= 0.3 is 18.2 Å². The van der Waals surface area contributed by atoms with Crippen molar-refractivity contribution < 1.29 is 27.9 Å². The zero-order valence-corrected chi connectivity index (χ0v) is 15.1. The summed E-state index contributed by atoms with van der Waals surface area (Å²) in [6, 6.07) is 4.79. The van der Waals surface area contributed by atoms with Gasteiger partial charge in [0.05, 0.1) is 17.9 Å². The van der Waals surface area contributed by atoms with E-state index in [-0.39, 0.29) is 19.0 Å². The lowest BCUT2D eigenvalue weighted by Gasteiger charge is -2.27. The monoisotopic (exact) mass is 384 g/mol. The molecule has 3 rings (SSSR count). The molecule has 5 nitrogen and oxygen atoms in total. The van der Waals surface area contributed by atoms with E-state index >= 15 is 0 Å². The molecule has 0 bridgehead atoms. The summed E-state index contributed by atoms with van der Waals surface area (Å²) in [7, 11) is 0. The maximum absolute atomic E-state index is 13.1. The highest BCUT2D eigenvalue weighted by Gasteiger charge is 2.56. The third kappa shape index (κ3) is 3.89. The van der Waals surface area contributed by atoms with Crippen LogP contribution in [0.1, 0.15) is 42.9 Å². The minimum absolute atomic E-state index is 0.0470. The van der Waals surface area contributed by atoms with Gasteiger partial charge in [-0.15, -0.1) is 0 Å². The number of likely N-dealkylation sites (tertiary alicyclic amines) is 1. The van der Waals surface area contributed by atoms with Gasteiger partial charge in [-0.1, -0.05) is 30.7 Å². The molecule has 1 aromatic rings. The second kappa shape index (κ2) is 7.05. The van der Waals surface area contributed by atoms with Crippen molar-refractivity contribution in [3.63, 3.8) is 0 Å². The van der Waals surface area contributed by atoms with Crippen LogP contribution in [0.5, 0.6) is 0 Å². The largest absolute Gasteiger partial charge is 0.481 e. The number of aliphatic carboxylic acids is 1. The number of carboxylic acid groups (broad SMARTS) is 1. The first-order valence-electron chi connectivity index (χ1n) is 9.03. The molecule has 1 saturated heterocycles. The van der Waals surface area contributed by atoms with Crippen LogP contribution in [-0.4, -0.2) is 41.3 Å². The number of rotatable bonds is 4. The van der Waals surface area contributed by atoms with Crippen LogP contribution in [0.15, 0.2) is 24.3 Å². The number of halogens is 3. The van der Waals surface area contributed by atoms with Gasteiger partial charge in [0.2, 0.25) is 0 Å². The normalized spacial score (nSPS) is 25.9. The van der Waals surface area contributed by atoms with Crippen molar-refractivity contribution in [3.05, 3.63) is 35.4 Å². The number of carbonyl (C=O) groups excluding carboxylic acids is 1. The number of amides is 2. The van der Waals surface area contributed by atoms with Crippen molar-refractivity contribution in [2.75, 3.05) is 13.1 Å². The van der Waals surface area contributed by atoms with E-state index in [0.717, 1.165) is 12.8 Å². The number of carboxylic acids is 1. The summed E-state index contributed by atoms with van der Waals surface area (Å²) in [5.74, 6) is -1.06. The van der Waals surface area contributed by atoms with Gasteiger partial charge in [0.15, 0.2) is 0 Å². The number of nitrogens with one attached hydrogen (secondary N) is 1. The molecule has 2 N–H and O–H groups in total. The Morgan fingerprint density at radius 2 is 2.07 bits per heavy atom. The molecule has 0 spiro atoms. The number of nitrogens with zero attached hydrogens (tertiary/aromatic N) is 1. The average molecular weight is 384 g/mol. The van der Waals surface area contributed by atoms with Crippen LogP contribution in [0.3, 0.4) is 0 Å². The van der Waals surface area contributed by atoms with Crippen molar-refractivity contribution in [3.8, 4) is 0 Å². The van der Waals surface area contributed by atoms with Crippen LogP contribution in [0.2, 0.25) is 0 Å². The summed E-state index contributed by atoms with van der Waals surface area (Å²) in [6.45, 7) is 2.01. The van der Waals surface area contributed by atoms with Crippen molar-refractivity contribution in [1.82, 2.24) is 10.2 Å². The summed E-state index contributed by atoms with van der Waals surface area (Å²) in [5, 5.41) is 12.1. The van der Waals surface area contributed by atoms with Crippen LogP contribution in [0.25, 0.3) is 0 Å². The molecule has 1 aliphatic heterocycles. The highest BCUT2D eigenvalue weighted by molar-refractivity contribution is 5.80. The minimum atomic E-state index is -4.44. The molecule has 8 heteroatoms. The zero-order chi connectivity index (χ0) is 19.8. The molecule has 2 fully saturated rings. The molecule has 1 heterocycles. The van der Waals surface area contributed by atoms with Gasteiger partial charge < -0.3 is 15.3 Å². The quantitative estimate of drug-likeness (QED) is 0.828. The van der Waals surface area contributed by atoms with Gasteiger partial charge in [0.25, 0.3) is 0 Å². The first-order valence-corrected chi connectivity index (χ1v) is 9.03. The highest BCUT2D eigenvalue weighted by atomic mass is 19.4. The van der Waals surface area contributed by atoms with E-state index in [2.05, 4.69) is 5.32 Å². The molecule has 2 amide bonds. The van der Waals surface area contributed by atoms with Gasteiger partial charge in [-0.3, -0.25) is 4.79 Å². The fraction of sp³-hybridized carbons (Fsp3) is 0.579. The van der Waals surface area contributed by atoms with Crippen molar-refractivity contribution in [2.24, 2.45) is 11.3 Å². The number of urea groups is 1. The first kappa shape index (κ1) is 19.5. The molecule has 27 heavy (non-hydrogen) atoms. The van der Waals surface area contributed by atoms with Crippen LogP contribution < -0.4 is 5.32 Å². The van der Waals surface area contributed by atoms with Crippen molar-refractivity contribution >= 4 is 12.0 Å². The molecular weight excluding hydrogens is 361 g/mol. The third-order valence-corrected chi connectivity index (χ3v) is 5.88. The summed E-state index contributed by atoms with van der Waals surface area (Å²) < 4.78 is 39.2. The first-order chi connectivity index (χ1) is 12.6. The Morgan fingerprint density at radius 1 is 1.37 bits per heavy atom. The van der Waals surface area contributed by atoms with E-state index in [1.807, 2.05) is 0 Å². The van der Waals surface area contributed by atoms with E-state index < -0.39 is 36.1 Å². The fourth-order valence-corrected chi connectivity index (χ4v) is 4.48. The van der Waals surface area contributed by atoms with Crippen LogP contribution in [0.4, 0.5) is 18.0 Å². The Balaban J connectivity index is 1.77. The number of benzene rings is 1. The van der Waals surface area contributed by atoms with Gasteiger partial charge in [-0.25, -0.2) is 4.79 Å². The Bertz CT molecular complexity index is 737. The number of hydrogen-bond donors (Lipinski definition) is 2. The molecule has 1 unspecified atom stereocenters. The smallest absolute Gasteiger partial charge is 0.391 e. The Morgan fingerprint density at radius 3 is 2.67 bits per heavy atom. The standard InChI is InChI=1S/C19H23F3N2O3/c1-12-5-2-3-7-14(12)15(9-19(20,21)22)23-17(27)24-10-13-6-4-8-18(13,11-24)16(25)26/h2-3,5,7,13,15H,4,6,8-11H2,1H3,(H,23,27)(H,25,26)/t13-,15?,18+/m0/s1. The Hall–Kier alpha value is -2.25. The van der Waals surface area contributed by atoms with Crippen LogP contribution >= 0.6 is 0 Å². The molecule has 3 atom stereocenters. The van der Waals surface area contributed by atoms with Crippen molar-refractivity contribution in [1.29, 1.82) is 0 Å².